The van der Waals surface area contributed by atoms with Crippen LogP contribution in [0, 0.1) is 0 Å². The van der Waals surface area contributed by atoms with Crippen LogP contribution in [-0.4, -0.2) is 12.1 Å². The molecule has 0 fully saturated rings. The molecule has 1 N–H and O–H groups in total. The summed E-state index contributed by atoms with van der Waals surface area (Å²) in [5.74, 6) is -0.221. The molecule has 3 nitrogen and oxygen atoms in total. The molecule has 3 rings (SSSR count). The molecular weight excluding hydrogens is 308 g/mol. The lowest BCUT2D eigenvalue weighted by molar-refractivity contribution is 0.0955. The third-order valence-electron chi connectivity index (χ3n) is 4.02. The number of nitrogens with zero attached hydrogens (tertiary/aromatic N) is 1. The number of rotatable bonds is 5. The van der Waals surface area contributed by atoms with E-state index in [1.165, 1.54) is 5.56 Å². The van der Waals surface area contributed by atoms with E-state index in [0.29, 0.717) is 5.56 Å². The molecule has 3 aromatic carbocycles. The first-order chi connectivity index (χ1) is 12.3. The molecule has 0 aromatic heterocycles. The first-order valence-corrected chi connectivity index (χ1v) is 8.34. The molecule has 3 heteroatoms. The maximum absolute atomic E-state index is 12.2. The van der Waals surface area contributed by atoms with Gasteiger partial charge in [-0.1, -0.05) is 73.7 Å². The maximum Gasteiger partial charge on any atom is 0.271 e. The standard InChI is InChI=1S/C22H20N2O/c1-2-17-8-10-18(11-9-17)16-23-24-22(25)21-14-12-20(13-15-21)19-6-4-3-5-7-19/h3-16H,2H2,1H3,(H,24,25)/b23-16+. The van der Waals surface area contributed by atoms with E-state index in [2.05, 4.69) is 29.6 Å². The smallest absolute Gasteiger partial charge is 0.267 e. The van der Waals surface area contributed by atoms with Gasteiger partial charge in [0.1, 0.15) is 0 Å². The van der Waals surface area contributed by atoms with Crippen LogP contribution in [0.3, 0.4) is 0 Å². The highest BCUT2D eigenvalue weighted by molar-refractivity contribution is 5.95. The number of carbonyl (C=O) groups is 1. The van der Waals surface area contributed by atoms with E-state index in [1.54, 1.807) is 6.21 Å². The van der Waals surface area contributed by atoms with Crippen molar-refractivity contribution in [2.45, 2.75) is 13.3 Å². The zero-order valence-corrected chi connectivity index (χ0v) is 14.1. The van der Waals surface area contributed by atoms with Crippen molar-refractivity contribution in [1.29, 1.82) is 0 Å². The number of hydrogen-bond donors (Lipinski definition) is 1. The minimum absolute atomic E-state index is 0.221. The van der Waals surface area contributed by atoms with Gasteiger partial charge in [-0.3, -0.25) is 4.79 Å². The van der Waals surface area contributed by atoms with Crippen molar-refractivity contribution in [3.63, 3.8) is 0 Å². The lowest BCUT2D eigenvalue weighted by Gasteiger charge is -2.04. The lowest BCUT2D eigenvalue weighted by Crippen LogP contribution is -2.17. The van der Waals surface area contributed by atoms with Crippen LogP contribution in [0.4, 0.5) is 0 Å². The second kappa shape index (κ2) is 8.06. The maximum atomic E-state index is 12.2. The first kappa shape index (κ1) is 16.7. The summed E-state index contributed by atoms with van der Waals surface area (Å²) >= 11 is 0. The fourth-order valence-electron chi connectivity index (χ4n) is 2.51. The average Bonchev–Trinajstić information content (AvgIpc) is 2.69. The molecule has 0 aliphatic heterocycles. The molecule has 0 aliphatic rings. The van der Waals surface area contributed by atoms with Gasteiger partial charge in [0.05, 0.1) is 6.21 Å². The number of benzene rings is 3. The number of nitrogens with one attached hydrogen (secondary N) is 1. The molecule has 0 unspecified atom stereocenters. The monoisotopic (exact) mass is 328 g/mol. The van der Waals surface area contributed by atoms with Crippen LogP contribution in [0.2, 0.25) is 0 Å². The van der Waals surface area contributed by atoms with Gasteiger partial charge in [-0.2, -0.15) is 5.10 Å². The summed E-state index contributed by atoms with van der Waals surface area (Å²) in [6, 6.07) is 25.7. The molecule has 3 aromatic rings. The number of amides is 1. The molecule has 0 bridgehead atoms. The third kappa shape index (κ3) is 4.42. The predicted octanol–water partition coefficient (Wildman–Crippen LogP) is 4.68. The quantitative estimate of drug-likeness (QED) is 0.536. The van der Waals surface area contributed by atoms with E-state index < -0.39 is 0 Å². The van der Waals surface area contributed by atoms with E-state index in [-0.39, 0.29) is 5.91 Å². The number of hydrogen-bond acceptors (Lipinski definition) is 2. The van der Waals surface area contributed by atoms with Gasteiger partial charge < -0.3 is 0 Å². The molecule has 124 valence electrons. The first-order valence-electron chi connectivity index (χ1n) is 8.34. The molecule has 0 spiro atoms. The Morgan fingerprint density at radius 2 is 1.52 bits per heavy atom. The van der Waals surface area contributed by atoms with Gasteiger partial charge in [0.15, 0.2) is 0 Å². The van der Waals surface area contributed by atoms with Crippen molar-refractivity contribution in [1.82, 2.24) is 5.43 Å². The van der Waals surface area contributed by atoms with Gasteiger partial charge in [0.25, 0.3) is 5.91 Å². The topological polar surface area (TPSA) is 41.5 Å². The van der Waals surface area contributed by atoms with Crippen molar-refractivity contribution in [3.05, 3.63) is 95.6 Å². The van der Waals surface area contributed by atoms with Crippen molar-refractivity contribution in [3.8, 4) is 11.1 Å². The van der Waals surface area contributed by atoms with Crippen LogP contribution in [0.15, 0.2) is 84.0 Å². The predicted molar refractivity (Wildman–Crippen MR) is 103 cm³/mol. The molecule has 0 saturated heterocycles. The summed E-state index contributed by atoms with van der Waals surface area (Å²) < 4.78 is 0. The van der Waals surface area contributed by atoms with Crippen LogP contribution in [0.1, 0.15) is 28.4 Å². The third-order valence-corrected chi connectivity index (χ3v) is 4.02. The molecule has 0 aliphatic carbocycles. The summed E-state index contributed by atoms with van der Waals surface area (Å²) in [6.07, 6.45) is 2.66. The zero-order valence-electron chi connectivity index (χ0n) is 14.1. The van der Waals surface area contributed by atoms with E-state index in [0.717, 1.165) is 23.1 Å². The van der Waals surface area contributed by atoms with Crippen LogP contribution < -0.4 is 5.43 Å². The fraction of sp³-hybridized carbons (Fsp3) is 0.0909. The molecule has 25 heavy (non-hydrogen) atoms. The molecule has 0 radical (unpaired) electrons. The lowest BCUT2D eigenvalue weighted by atomic mass is 10.0. The van der Waals surface area contributed by atoms with Gasteiger partial charge >= 0.3 is 0 Å². The van der Waals surface area contributed by atoms with Crippen molar-refractivity contribution in [2.24, 2.45) is 5.10 Å². The molecular formula is C22H20N2O. The van der Waals surface area contributed by atoms with Crippen molar-refractivity contribution >= 4 is 12.1 Å². The fourth-order valence-corrected chi connectivity index (χ4v) is 2.51. The highest BCUT2D eigenvalue weighted by atomic mass is 16.2. The van der Waals surface area contributed by atoms with Crippen LogP contribution in [-0.2, 0) is 6.42 Å². The van der Waals surface area contributed by atoms with Crippen molar-refractivity contribution < 1.29 is 4.79 Å². The Hall–Kier alpha value is -3.20. The summed E-state index contributed by atoms with van der Waals surface area (Å²) in [6.45, 7) is 2.12. The second-order valence-corrected chi connectivity index (χ2v) is 5.74. The summed E-state index contributed by atoms with van der Waals surface area (Å²) in [5.41, 5.74) is 7.59. The van der Waals surface area contributed by atoms with Gasteiger partial charge in [-0.15, -0.1) is 0 Å². The van der Waals surface area contributed by atoms with E-state index in [9.17, 15) is 4.79 Å². The Bertz CT molecular complexity index is 851. The van der Waals surface area contributed by atoms with E-state index in [1.807, 2.05) is 66.7 Å². The average molecular weight is 328 g/mol. The van der Waals surface area contributed by atoms with Crippen LogP contribution in [0.25, 0.3) is 11.1 Å². The Balaban J connectivity index is 1.62. The van der Waals surface area contributed by atoms with Crippen LogP contribution >= 0.6 is 0 Å². The number of aryl methyl sites for hydroxylation is 1. The largest absolute Gasteiger partial charge is 0.271 e. The Morgan fingerprint density at radius 1 is 0.880 bits per heavy atom. The van der Waals surface area contributed by atoms with Crippen LogP contribution in [0.5, 0.6) is 0 Å². The Morgan fingerprint density at radius 3 is 2.16 bits per heavy atom. The van der Waals surface area contributed by atoms with E-state index in [4.69, 9.17) is 0 Å². The van der Waals surface area contributed by atoms with E-state index >= 15 is 0 Å². The summed E-state index contributed by atoms with van der Waals surface area (Å²) in [4.78, 5) is 12.2. The Labute approximate surface area is 148 Å². The highest BCUT2D eigenvalue weighted by Gasteiger charge is 2.04. The molecule has 0 saturated carbocycles. The second-order valence-electron chi connectivity index (χ2n) is 5.74. The van der Waals surface area contributed by atoms with Gasteiger partial charge in [0, 0.05) is 5.56 Å². The van der Waals surface area contributed by atoms with Crippen molar-refractivity contribution in [2.75, 3.05) is 0 Å². The minimum atomic E-state index is -0.221. The Kier molecular flexibility index (Phi) is 5.37. The molecule has 0 atom stereocenters. The number of carbonyl (C=O) groups excluding carboxylic acids is 1. The summed E-state index contributed by atoms with van der Waals surface area (Å²) in [7, 11) is 0. The van der Waals surface area contributed by atoms with Gasteiger partial charge in [-0.05, 0) is 40.8 Å². The minimum Gasteiger partial charge on any atom is -0.267 e. The number of hydrazone groups is 1. The zero-order chi connectivity index (χ0) is 17.5. The normalized spacial score (nSPS) is 10.8. The highest BCUT2D eigenvalue weighted by Crippen LogP contribution is 2.19. The molecule has 0 heterocycles. The summed E-state index contributed by atoms with van der Waals surface area (Å²) in [5, 5.41) is 4.03. The van der Waals surface area contributed by atoms with Gasteiger partial charge in [-0.25, -0.2) is 5.43 Å². The SMILES string of the molecule is CCc1ccc(/C=N/NC(=O)c2ccc(-c3ccccc3)cc2)cc1. The molecule has 1 amide bonds. The van der Waals surface area contributed by atoms with Gasteiger partial charge in [0.2, 0.25) is 0 Å².